The topological polar surface area (TPSA) is 53.1 Å². The quantitative estimate of drug-likeness (QED) is 0.725. The smallest absolute Gasteiger partial charge is 0.227 e. The molecule has 3 rings (SSSR count). The van der Waals surface area contributed by atoms with Crippen molar-refractivity contribution < 1.29 is 14.3 Å². The van der Waals surface area contributed by atoms with Crippen LogP contribution in [0.3, 0.4) is 0 Å². The van der Waals surface area contributed by atoms with Crippen LogP contribution in [0.5, 0.6) is 0 Å². The van der Waals surface area contributed by atoms with Gasteiger partial charge in [-0.15, -0.1) is 0 Å². The van der Waals surface area contributed by atoms with Gasteiger partial charge < -0.3 is 14.5 Å². The lowest BCUT2D eigenvalue weighted by molar-refractivity contribution is -0.148. The van der Waals surface area contributed by atoms with E-state index < -0.39 is 0 Å². The minimum absolute atomic E-state index is 0.0756. The van der Waals surface area contributed by atoms with Crippen LogP contribution in [0, 0.1) is 5.92 Å². The van der Waals surface area contributed by atoms with Crippen LogP contribution in [0.1, 0.15) is 25.3 Å². The lowest BCUT2D eigenvalue weighted by Gasteiger charge is -2.42. The standard InChI is InChI=1S/C21H30ClN3O3/c1-16-19(6-7-20(26)25(16)12-13-28-2)21(27)24-10-8-23(9-11-24)15-17-4-3-5-18(22)14-17/h3-5,14,16,19H,6-13,15H2,1-2H3. The SMILES string of the molecule is COCCN1C(=O)CCC(C(=O)N2CCN(Cc3cccc(Cl)c3)CC2)C1C. The summed E-state index contributed by atoms with van der Waals surface area (Å²) in [6.07, 6.45) is 1.09. The number of rotatable bonds is 6. The van der Waals surface area contributed by atoms with Crippen molar-refractivity contribution in [3.05, 3.63) is 34.9 Å². The molecule has 28 heavy (non-hydrogen) atoms. The Morgan fingerprint density at radius 2 is 2.00 bits per heavy atom. The molecule has 0 bridgehead atoms. The maximum Gasteiger partial charge on any atom is 0.227 e. The van der Waals surface area contributed by atoms with Crippen molar-refractivity contribution in [3.8, 4) is 0 Å². The number of ether oxygens (including phenoxy) is 1. The van der Waals surface area contributed by atoms with Crippen molar-refractivity contribution in [2.45, 2.75) is 32.4 Å². The highest BCUT2D eigenvalue weighted by Crippen LogP contribution is 2.27. The molecule has 0 spiro atoms. The van der Waals surface area contributed by atoms with Gasteiger partial charge in [0.25, 0.3) is 0 Å². The van der Waals surface area contributed by atoms with Crippen molar-refractivity contribution in [1.29, 1.82) is 0 Å². The molecule has 154 valence electrons. The Hall–Kier alpha value is -1.63. The van der Waals surface area contributed by atoms with E-state index in [4.69, 9.17) is 16.3 Å². The molecule has 7 heteroatoms. The maximum atomic E-state index is 13.1. The number of hydrogen-bond acceptors (Lipinski definition) is 4. The Balaban J connectivity index is 1.53. The summed E-state index contributed by atoms with van der Waals surface area (Å²) in [5, 5.41) is 0.755. The van der Waals surface area contributed by atoms with Gasteiger partial charge in [0.1, 0.15) is 0 Å². The van der Waals surface area contributed by atoms with E-state index >= 15 is 0 Å². The van der Waals surface area contributed by atoms with Crippen LogP contribution >= 0.6 is 11.6 Å². The molecular weight excluding hydrogens is 378 g/mol. The molecule has 2 fully saturated rings. The number of piperazine rings is 1. The number of nitrogens with zero attached hydrogens (tertiary/aromatic N) is 3. The normalized spacial score (nSPS) is 23.9. The first-order chi connectivity index (χ1) is 13.5. The van der Waals surface area contributed by atoms with Crippen LogP contribution in [0.15, 0.2) is 24.3 Å². The van der Waals surface area contributed by atoms with Crippen molar-refractivity contribution in [1.82, 2.24) is 14.7 Å². The summed E-state index contributed by atoms with van der Waals surface area (Å²) in [5.74, 6) is 0.193. The second-order valence-electron chi connectivity index (χ2n) is 7.70. The van der Waals surface area contributed by atoms with E-state index in [9.17, 15) is 9.59 Å². The van der Waals surface area contributed by atoms with Gasteiger partial charge in [0, 0.05) is 63.9 Å². The van der Waals surface area contributed by atoms with Crippen LogP contribution in [0.4, 0.5) is 0 Å². The lowest BCUT2D eigenvalue weighted by Crippen LogP contribution is -2.56. The number of amides is 2. The molecule has 0 N–H and O–H groups in total. The average molecular weight is 408 g/mol. The predicted molar refractivity (Wildman–Crippen MR) is 109 cm³/mol. The van der Waals surface area contributed by atoms with Crippen LogP contribution < -0.4 is 0 Å². The van der Waals surface area contributed by atoms with Crippen molar-refractivity contribution in [2.75, 3.05) is 46.4 Å². The van der Waals surface area contributed by atoms with E-state index in [2.05, 4.69) is 11.0 Å². The Bertz CT molecular complexity index is 691. The first-order valence-corrected chi connectivity index (χ1v) is 10.4. The van der Waals surface area contributed by atoms with Crippen LogP contribution in [-0.4, -0.2) is 79.0 Å². The molecule has 2 amide bonds. The summed E-state index contributed by atoms with van der Waals surface area (Å²) in [6, 6.07) is 7.85. The number of carbonyl (C=O) groups is 2. The predicted octanol–water partition coefficient (Wildman–Crippen LogP) is 2.26. The largest absolute Gasteiger partial charge is 0.383 e. The number of piperidine rings is 1. The molecule has 0 aromatic heterocycles. The zero-order valence-corrected chi connectivity index (χ0v) is 17.5. The molecule has 0 radical (unpaired) electrons. The Morgan fingerprint density at radius 3 is 2.68 bits per heavy atom. The van der Waals surface area contributed by atoms with Crippen LogP contribution in [0.25, 0.3) is 0 Å². The molecule has 2 unspecified atom stereocenters. The fraction of sp³-hybridized carbons (Fsp3) is 0.619. The first kappa shape index (κ1) is 21.1. The number of benzene rings is 1. The monoisotopic (exact) mass is 407 g/mol. The molecule has 2 aliphatic heterocycles. The molecular formula is C21H30ClN3O3. The van der Waals surface area contributed by atoms with Gasteiger partial charge in [-0.05, 0) is 31.0 Å². The molecule has 2 aliphatic rings. The third-order valence-corrected chi connectivity index (χ3v) is 6.13. The molecule has 0 saturated carbocycles. The summed E-state index contributed by atoms with van der Waals surface area (Å²) >= 11 is 6.07. The molecule has 6 nitrogen and oxygen atoms in total. The van der Waals surface area contributed by atoms with E-state index in [-0.39, 0.29) is 23.8 Å². The van der Waals surface area contributed by atoms with Gasteiger partial charge in [-0.2, -0.15) is 0 Å². The maximum absolute atomic E-state index is 13.1. The van der Waals surface area contributed by atoms with E-state index in [1.807, 2.05) is 34.9 Å². The fourth-order valence-corrected chi connectivity index (χ4v) is 4.42. The summed E-state index contributed by atoms with van der Waals surface area (Å²) in [5.41, 5.74) is 1.19. The first-order valence-electron chi connectivity index (χ1n) is 10.0. The van der Waals surface area contributed by atoms with E-state index in [1.165, 1.54) is 5.56 Å². The van der Waals surface area contributed by atoms with E-state index in [1.54, 1.807) is 7.11 Å². The highest BCUT2D eigenvalue weighted by atomic mass is 35.5. The van der Waals surface area contributed by atoms with Gasteiger partial charge in [0.15, 0.2) is 0 Å². The minimum Gasteiger partial charge on any atom is -0.383 e. The zero-order valence-electron chi connectivity index (χ0n) is 16.8. The van der Waals surface area contributed by atoms with Crippen LogP contribution in [0.2, 0.25) is 5.02 Å². The molecule has 2 heterocycles. The molecule has 1 aromatic rings. The number of halogens is 1. The Morgan fingerprint density at radius 1 is 1.25 bits per heavy atom. The Labute approximate surface area is 172 Å². The number of methoxy groups -OCH3 is 1. The van der Waals surface area contributed by atoms with Crippen molar-refractivity contribution in [2.24, 2.45) is 5.92 Å². The lowest BCUT2D eigenvalue weighted by atomic mass is 9.88. The Kier molecular flexibility index (Phi) is 7.32. The number of carbonyl (C=O) groups excluding carboxylic acids is 2. The number of likely N-dealkylation sites (tertiary alicyclic amines) is 1. The molecule has 2 atom stereocenters. The summed E-state index contributed by atoms with van der Waals surface area (Å²) in [6.45, 7) is 7.06. The van der Waals surface area contributed by atoms with Crippen molar-refractivity contribution in [3.63, 3.8) is 0 Å². The van der Waals surface area contributed by atoms with Gasteiger partial charge in [-0.25, -0.2) is 0 Å². The van der Waals surface area contributed by atoms with Crippen molar-refractivity contribution >= 4 is 23.4 Å². The van der Waals surface area contributed by atoms with Gasteiger partial charge >= 0.3 is 0 Å². The minimum atomic E-state index is -0.117. The average Bonchev–Trinajstić information content (AvgIpc) is 2.68. The second kappa shape index (κ2) is 9.72. The molecule has 1 aromatic carbocycles. The molecule has 0 aliphatic carbocycles. The number of hydrogen-bond donors (Lipinski definition) is 0. The highest BCUT2D eigenvalue weighted by molar-refractivity contribution is 6.30. The van der Waals surface area contributed by atoms with Gasteiger partial charge in [0.05, 0.1) is 12.5 Å². The van der Waals surface area contributed by atoms with E-state index in [0.29, 0.717) is 26.0 Å². The zero-order chi connectivity index (χ0) is 20.1. The summed E-state index contributed by atoms with van der Waals surface area (Å²) in [7, 11) is 1.63. The van der Waals surface area contributed by atoms with E-state index in [0.717, 1.165) is 37.7 Å². The summed E-state index contributed by atoms with van der Waals surface area (Å²) < 4.78 is 5.12. The third kappa shape index (κ3) is 5.04. The van der Waals surface area contributed by atoms with Gasteiger partial charge in [-0.1, -0.05) is 23.7 Å². The highest BCUT2D eigenvalue weighted by Gasteiger charge is 2.39. The third-order valence-electron chi connectivity index (χ3n) is 5.90. The van der Waals surface area contributed by atoms with Gasteiger partial charge in [-0.3, -0.25) is 14.5 Å². The second-order valence-corrected chi connectivity index (χ2v) is 8.13. The van der Waals surface area contributed by atoms with Gasteiger partial charge in [0.2, 0.25) is 11.8 Å². The molecule has 2 saturated heterocycles. The van der Waals surface area contributed by atoms with Crippen LogP contribution in [-0.2, 0) is 20.9 Å². The fourth-order valence-electron chi connectivity index (χ4n) is 4.21. The summed E-state index contributed by atoms with van der Waals surface area (Å²) in [4.78, 5) is 31.5.